The first kappa shape index (κ1) is 17.8. The Hall–Kier alpha value is -3.27. The van der Waals surface area contributed by atoms with Crippen LogP contribution in [0.1, 0.15) is 11.8 Å². The van der Waals surface area contributed by atoms with E-state index in [0.29, 0.717) is 22.8 Å². The molecule has 4 N–H and O–H groups in total. The molecule has 0 unspecified atom stereocenters. The van der Waals surface area contributed by atoms with Crippen LogP contribution in [0.15, 0.2) is 55.0 Å². The number of fused-ring (bicyclic) bond motifs is 2. The molecule has 1 aliphatic heterocycles. The third-order valence-corrected chi connectivity index (χ3v) is 5.16. The molecule has 0 spiro atoms. The van der Waals surface area contributed by atoms with Crippen LogP contribution < -0.4 is 10.5 Å². The zero-order valence-corrected chi connectivity index (χ0v) is 15.3. The molecule has 0 aliphatic carbocycles. The lowest BCUT2D eigenvalue weighted by molar-refractivity contribution is -0.0187. The fourth-order valence-electron chi connectivity index (χ4n) is 3.63. The molecule has 29 heavy (non-hydrogen) atoms. The van der Waals surface area contributed by atoms with Gasteiger partial charge >= 0.3 is 0 Å². The van der Waals surface area contributed by atoms with E-state index in [-0.39, 0.29) is 6.61 Å². The van der Waals surface area contributed by atoms with E-state index < -0.39 is 24.4 Å². The standard InChI is InChI=1S/C20H19N5O4/c21-20-15-6-5-14(25(15)24-10-23-20)19-18(27)17(26)16(29-19)9-28-12-4-3-11-2-1-7-22-13(11)8-12/h1-8,10,16-19,26-27H,9H2,(H2,21,23,24)/t16-,17-,18-,19+/m1/s1. The second-order valence-electron chi connectivity index (χ2n) is 6.95. The number of aromatic nitrogens is 4. The van der Waals surface area contributed by atoms with Gasteiger partial charge in [-0.25, -0.2) is 9.50 Å². The smallest absolute Gasteiger partial charge is 0.151 e. The summed E-state index contributed by atoms with van der Waals surface area (Å²) in [5.41, 5.74) is 7.86. The Kier molecular flexibility index (Phi) is 4.27. The number of nitrogen functional groups attached to an aromatic ring is 1. The quantitative estimate of drug-likeness (QED) is 0.470. The van der Waals surface area contributed by atoms with E-state index in [9.17, 15) is 10.2 Å². The Morgan fingerprint density at radius 3 is 2.90 bits per heavy atom. The summed E-state index contributed by atoms with van der Waals surface area (Å²) in [5, 5.41) is 26.2. The number of aliphatic hydroxyl groups is 2. The van der Waals surface area contributed by atoms with Crippen LogP contribution in [0, 0.1) is 0 Å². The number of anilines is 1. The molecule has 0 bridgehead atoms. The molecule has 0 saturated carbocycles. The third kappa shape index (κ3) is 3.05. The first-order valence-electron chi connectivity index (χ1n) is 9.19. The molecule has 9 heteroatoms. The summed E-state index contributed by atoms with van der Waals surface area (Å²) < 4.78 is 13.3. The molecular weight excluding hydrogens is 374 g/mol. The first-order chi connectivity index (χ1) is 14.1. The molecule has 4 atom stereocenters. The van der Waals surface area contributed by atoms with Crippen LogP contribution in [0.5, 0.6) is 5.75 Å². The maximum absolute atomic E-state index is 10.5. The lowest BCUT2D eigenvalue weighted by Gasteiger charge is -2.15. The van der Waals surface area contributed by atoms with Gasteiger partial charge in [0, 0.05) is 17.6 Å². The number of ether oxygens (including phenoxy) is 2. The maximum Gasteiger partial charge on any atom is 0.151 e. The average molecular weight is 393 g/mol. The van der Waals surface area contributed by atoms with Crippen molar-refractivity contribution >= 4 is 22.2 Å². The summed E-state index contributed by atoms with van der Waals surface area (Å²) in [6, 6.07) is 12.9. The molecule has 4 aromatic rings. The van der Waals surface area contributed by atoms with Crippen LogP contribution in [-0.4, -0.2) is 54.7 Å². The van der Waals surface area contributed by atoms with Gasteiger partial charge in [0.15, 0.2) is 5.82 Å². The Labute approximate surface area is 165 Å². The largest absolute Gasteiger partial charge is 0.491 e. The number of hydrogen-bond donors (Lipinski definition) is 3. The lowest BCUT2D eigenvalue weighted by Crippen LogP contribution is -2.34. The molecule has 1 aromatic carbocycles. The Morgan fingerprint density at radius 1 is 1.10 bits per heavy atom. The molecule has 1 saturated heterocycles. The predicted octanol–water partition coefficient (Wildman–Crippen LogP) is 1.10. The number of benzene rings is 1. The number of nitrogens with two attached hydrogens (primary N) is 1. The Bertz CT molecular complexity index is 1180. The molecule has 0 amide bonds. The number of aliphatic hydroxyl groups excluding tert-OH is 2. The van der Waals surface area contributed by atoms with Crippen molar-refractivity contribution in [1.82, 2.24) is 19.6 Å². The monoisotopic (exact) mass is 393 g/mol. The molecule has 0 radical (unpaired) electrons. The number of nitrogens with zero attached hydrogens (tertiary/aromatic N) is 4. The highest BCUT2D eigenvalue weighted by molar-refractivity contribution is 5.79. The Morgan fingerprint density at radius 2 is 2.00 bits per heavy atom. The summed E-state index contributed by atoms with van der Waals surface area (Å²) in [4.78, 5) is 8.25. The second-order valence-corrected chi connectivity index (χ2v) is 6.95. The molecule has 9 nitrogen and oxygen atoms in total. The summed E-state index contributed by atoms with van der Waals surface area (Å²) in [6.07, 6.45) is -0.667. The minimum atomic E-state index is -1.13. The van der Waals surface area contributed by atoms with Gasteiger partial charge < -0.3 is 25.4 Å². The molecule has 4 heterocycles. The van der Waals surface area contributed by atoms with Crippen LogP contribution in [0.3, 0.4) is 0 Å². The van der Waals surface area contributed by atoms with Crippen molar-refractivity contribution in [2.75, 3.05) is 12.3 Å². The molecular formula is C20H19N5O4. The SMILES string of the molecule is Nc1ncnn2c([C@@H]3O[C@H](COc4ccc5cccnc5c4)[C@@H](O)[C@H]3O)ccc12. The van der Waals surface area contributed by atoms with Crippen molar-refractivity contribution in [3.63, 3.8) is 0 Å². The van der Waals surface area contributed by atoms with Gasteiger partial charge in [0.2, 0.25) is 0 Å². The zero-order chi connectivity index (χ0) is 20.0. The van der Waals surface area contributed by atoms with Crippen LogP contribution in [0.4, 0.5) is 5.82 Å². The van der Waals surface area contributed by atoms with Crippen molar-refractivity contribution in [3.05, 3.63) is 60.7 Å². The highest BCUT2D eigenvalue weighted by Gasteiger charge is 2.45. The fourth-order valence-corrected chi connectivity index (χ4v) is 3.63. The number of rotatable bonds is 4. The van der Waals surface area contributed by atoms with E-state index in [1.807, 2.05) is 30.3 Å². The number of hydrogen-bond acceptors (Lipinski definition) is 8. The highest BCUT2D eigenvalue weighted by Crippen LogP contribution is 2.35. The van der Waals surface area contributed by atoms with E-state index in [0.717, 1.165) is 10.9 Å². The molecule has 5 rings (SSSR count). The van der Waals surface area contributed by atoms with Crippen LogP contribution in [-0.2, 0) is 4.74 Å². The minimum absolute atomic E-state index is 0.0769. The van der Waals surface area contributed by atoms with Gasteiger partial charge in [-0.2, -0.15) is 5.10 Å². The predicted molar refractivity (Wildman–Crippen MR) is 104 cm³/mol. The van der Waals surface area contributed by atoms with E-state index >= 15 is 0 Å². The van der Waals surface area contributed by atoms with Crippen molar-refractivity contribution in [1.29, 1.82) is 0 Å². The van der Waals surface area contributed by atoms with E-state index in [1.54, 1.807) is 22.8 Å². The highest BCUT2D eigenvalue weighted by atomic mass is 16.6. The molecule has 1 fully saturated rings. The van der Waals surface area contributed by atoms with E-state index in [2.05, 4.69) is 15.1 Å². The lowest BCUT2D eigenvalue weighted by atomic mass is 10.1. The molecule has 148 valence electrons. The van der Waals surface area contributed by atoms with Gasteiger partial charge in [-0.3, -0.25) is 4.98 Å². The molecule has 1 aliphatic rings. The first-order valence-corrected chi connectivity index (χ1v) is 9.19. The van der Waals surface area contributed by atoms with Gasteiger partial charge in [0.05, 0.1) is 11.2 Å². The van der Waals surface area contributed by atoms with Crippen molar-refractivity contribution < 1.29 is 19.7 Å². The summed E-state index contributed by atoms with van der Waals surface area (Å²) >= 11 is 0. The second kappa shape index (κ2) is 6.96. The van der Waals surface area contributed by atoms with E-state index in [1.165, 1.54) is 6.33 Å². The summed E-state index contributed by atoms with van der Waals surface area (Å²) in [6.45, 7) is 0.0769. The van der Waals surface area contributed by atoms with Crippen LogP contribution in [0.2, 0.25) is 0 Å². The van der Waals surface area contributed by atoms with Crippen LogP contribution in [0.25, 0.3) is 16.4 Å². The maximum atomic E-state index is 10.5. The van der Waals surface area contributed by atoms with Gasteiger partial charge in [0.1, 0.15) is 48.6 Å². The number of pyridine rings is 1. The summed E-state index contributed by atoms with van der Waals surface area (Å²) in [5.74, 6) is 0.933. The van der Waals surface area contributed by atoms with Crippen molar-refractivity contribution in [3.8, 4) is 5.75 Å². The zero-order valence-electron chi connectivity index (χ0n) is 15.3. The van der Waals surface area contributed by atoms with Crippen molar-refractivity contribution in [2.24, 2.45) is 0 Å². The van der Waals surface area contributed by atoms with Gasteiger partial charge in [-0.1, -0.05) is 6.07 Å². The normalized spacial score (nSPS) is 24.3. The van der Waals surface area contributed by atoms with Crippen LogP contribution >= 0.6 is 0 Å². The van der Waals surface area contributed by atoms with Gasteiger partial charge in [-0.05, 0) is 30.3 Å². The molecule has 3 aromatic heterocycles. The Balaban J connectivity index is 1.34. The topological polar surface area (TPSA) is 128 Å². The third-order valence-electron chi connectivity index (χ3n) is 5.16. The summed E-state index contributed by atoms with van der Waals surface area (Å²) in [7, 11) is 0. The average Bonchev–Trinajstić information content (AvgIpc) is 3.29. The van der Waals surface area contributed by atoms with Gasteiger partial charge in [0.25, 0.3) is 0 Å². The van der Waals surface area contributed by atoms with E-state index in [4.69, 9.17) is 15.2 Å². The minimum Gasteiger partial charge on any atom is -0.491 e. The van der Waals surface area contributed by atoms with Crippen molar-refractivity contribution in [2.45, 2.75) is 24.4 Å². The fraction of sp³-hybridized carbons (Fsp3) is 0.250. The van der Waals surface area contributed by atoms with Gasteiger partial charge in [-0.15, -0.1) is 0 Å².